The van der Waals surface area contributed by atoms with Gasteiger partial charge in [0.25, 0.3) is 10.1 Å². The Morgan fingerprint density at radius 2 is 1.45 bits per heavy atom. The van der Waals surface area contributed by atoms with Crippen LogP contribution in [-0.4, -0.2) is 47.7 Å². The van der Waals surface area contributed by atoms with Gasteiger partial charge in [0.05, 0.1) is 0 Å². The van der Waals surface area contributed by atoms with E-state index in [4.69, 9.17) is 4.55 Å². The summed E-state index contributed by atoms with van der Waals surface area (Å²) in [6.45, 7) is 10.8. The van der Waals surface area contributed by atoms with Crippen molar-refractivity contribution >= 4 is 15.9 Å². The van der Waals surface area contributed by atoms with Crippen LogP contribution in [0.5, 0.6) is 0 Å². The minimum absolute atomic E-state index is 0.0162. The molecule has 1 atom stereocenters. The average Bonchev–Trinajstić information content (AvgIpc) is 2.70. The van der Waals surface area contributed by atoms with Crippen LogP contribution in [0, 0.1) is 0 Å². The first kappa shape index (κ1) is 25.6. The molecule has 0 radical (unpaired) electrons. The number of benzene rings is 1. The van der Waals surface area contributed by atoms with Crippen molar-refractivity contribution in [2.24, 2.45) is 0 Å². The van der Waals surface area contributed by atoms with Crippen LogP contribution in [-0.2, 0) is 15.1 Å². The molecule has 0 heterocycles. The summed E-state index contributed by atoms with van der Waals surface area (Å²) in [7, 11) is -4.66. The van der Waals surface area contributed by atoms with E-state index >= 15 is 0 Å². The highest BCUT2D eigenvalue weighted by Gasteiger charge is 2.45. The summed E-state index contributed by atoms with van der Waals surface area (Å²) < 4.78 is 31.4. The Morgan fingerprint density at radius 1 is 0.966 bits per heavy atom. The highest BCUT2D eigenvalue weighted by Crippen LogP contribution is 2.39. The molecule has 6 nitrogen and oxygen atoms in total. The molecule has 29 heavy (non-hydrogen) atoms. The Balaban J connectivity index is 0.000000298. The van der Waals surface area contributed by atoms with Gasteiger partial charge in [0, 0.05) is 17.5 Å². The zero-order chi connectivity index (χ0) is 21.9. The largest absolute Gasteiger partial charge is 0.508 e. The number of hydrogen-bond acceptors (Lipinski definition) is 5. The van der Waals surface area contributed by atoms with Gasteiger partial charge in [-0.15, -0.1) is 0 Å². The molecule has 0 saturated carbocycles. The Kier molecular flexibility index (Phi) is 10.9. The molecule has 1 aliphatic rings. The molecule has 1 aromatic carbocycles. The van der Waals surface area contributed by atoms with Gasteiger partial charge >= 0.3 is 0 Å². The first-order chi connectivity index (χ1) is 13.7. The van der Waals surface area contributed by atoms with Gasteiger partial charge in [-0.3, -0.25) is 4.55 Å². The number of fused-ring (bicyclic) bond motifs is 1. The fraction of sp³-hybridized carbons (Fsp3) is 0.636. The Hall–Kier alpha value is -1.41. The maximum atomic E-state index is 11.2. The molecule has 2 rings (SSSR count). The van der Waals surface area contributed by atoms with Crippen molar-refractivity contribution in [3.63, 3.8) is 0 Å². The van der Waals surface area contributed by atoms with Crippen LogP contribution in [0.2, 0.25) is 0 Å². The lowest BCUT2D eigenvalue weighted by atomic mass is 9.93. The number of hydrogen-bond donors (Lipinski definition) is 3. The van der Waals surface area contributed by atoms with Gasteiger partial charge in [0.1, 0.15) is 5.76 Å². The van der Waals surface area contributed by atoms with Crippen LogP contribution >= 0.6 is 0 Å². The van der Waals surface area contributed by atoms with E-state index in [1.165, 1.54) is 76.4 Å². The molecule has 0 aliphatic heterocycles. The minimum atomic E-state index is -4.66. The van der Waals surface area contributed by atoms with E-state index < -0.39 is 15.1 Å². The smallest absolute Gasteiger partial charge is 0.299 e. The molecule has 0 amide bonds. The lowest BCUT2D eigenvalue weighted by molar-refractivity contribution is 0.112. The molecule has 0 spiro atoms. The van der Waals surface area contributed by atoms with Crippen LogP contribution in [0.15, 0.2) is 30.3 Å². The molecule has 1 unspecified atom stereocenters. The highest BCUT2D eigenvalue weighted by molar-refractivity contribution is 7.86. The molecule has 7 heteroatoms. The topological polar surface area (TPSA) is 98.1 Å². The van der Waals surface area contributed by atoms with Gasteiger partial charge in [0.2, 0.25) is 4.93 Å². The number of nitrogens with zero attached hydrogens (tertiary/aromatic N) is 1. The normalized spacial score (nSPS) is 18.6. The second-order valence-electron chi connectivity index (χ2n) is 7.50. The minimum Gasteiger partial charge on any atom is -0.508 e. The third-order valence-electron chi connectivity index (χ3n) is 5.11. The van der Waals surface area contributed by atoms with Crippen molar-refractivity contribution in [1.82, 2.24) is 4.90 Å². The van der Waals surface area contributed by atoms with Crippen LogP contribution in [0.3, 0.4) is 0 Å². The molecular weight excluding hydrogens is 390 g/mol. The van der Waals surface area contributed by atoms with Gasteiger partial charge in [-0.1, -0.05) is 64.3 Å². The van der Waals surface area contributed by atoms with E-state index in [-0.39, 0.29) is 23.3 Å². The Labute approximate surface area is 176 Å². The molecule has 3 N–H and O–H groups in total. The summed E-state index contributed by atoms with van der Waals surface area (Å²) in [5, 5.41) is 19.5. The Bertz CT molecular complexity index is 728. The summed E-state index contributed by atoms with van der Waals surface area (Å²) >= 11 is 0. The zero-order valence-corrected chi connectivity index (χ0v) is 18.8. The van der Waals surface area contributed by atoms with Crippen LogP contribution < -0.4 is 0 Å². The lowest BCUT2D eigenvalue weighted by Gasteiger charge is -2.29. The first-order valence-electron chi connectivity index (χ1n) is 10.6. The monoisotopic (exact) mass is 427 g/mol. The SMILES string of the molecule is CCCCN(CCCC)CCCC.O=S(=O)(O)C1(O)CC=C(O)c2ccccc21. The summed E-state index contributed by atoms with van der Waals surface area (Å²) in [5.41, 5.74) is 0.186. The quantitative estimate of drug-likeness (QED) is 0.468. The van der Waals surface area contributed by atoms with E-state index in [9.17, 15) is 18.6 Å². The standard InChI is InChI=1S/C12H27N.C10H10O5S/c1-4-7-10-13(11-8-5-2)12-9-6-3;11-9-5-6-10(12,16(13,14)15)8-4-2-1-3-7(8)9/h4-12H2,1-3H3;1-5,11-12H,6H2,(H,13,14,15). The number of rotatable bonds is 10. The fourth-order valence-corrected chi connectivity index (χ4v) is 3.98. The average molecular weight is 428 g/mol. The van der Waals surface area contributed by atoms with E-state index in [1.807, 2.05) is 0 Å². The van der Waals surface area contributed by atoms with Crippen molar-refractivity contribution in [2.75, 3.05) is 19.6 Å². The molecule has 166 valence electrons. The predicted octanol–water partition coefficient (Wildman–Crippen LogP) is 4.71. The molecule has 1 aliphatic carbocycles. The highest BCUT2D eigenvalue weighted by atomic mass is 32.2. The fourth-order valence-electron chi connectivity index (χ4n) is 3.23. The number of aliphatic hydroxyl groups excluding tert-OH is 1. The third-order valence-corrected chi connectivity index (χ3v) is 6.35. The third kappa shape index (κ3) is 7.41. The zero-order valence-electron chi connectivity index (χ0n) is 18.0. The van der Waals surface area contributed by atoms with Gasteiger partial charge in [0.15, 0.2) is 0 Å². The maximum Gasteiger partial charge on any atom is 0.299 e. The number of unbranched alkanes of at least 4 members (excludes halogenated alkanes) is 3. The second kappa shape index (κ2) is 12.3. The summed E-state index contributed by atoms with van der Waals surface area (Å²) in [6, 6.07) is 5.94. The molecule has 0 fully saturated rings. The van der Waals surface area contributed by atoms with E-state index in [1.54, 1.807) is 6.07 Å². The molecule has 0 aromatic heterocycles. The van der Waals surface area contributed by atoms with Crippen molar-refractivity contribution in [3.8, 4) is 0 Å². The number of aliphatic hydroxyl groups is 2. The van der Waals surface area contributed by atoms with Crippen LogP contribution in [0.4, 0.5) is 0 Å². The van der Waals surface area contributed by atoms with E-state index in [2.05, 4.69) is 25.7 Å². The van der Waals surface area contributed by atoms with Crippen molar-refractivity contribution in [3.05, 3.63) is 41.5 Å². The van der Waals surface area contributed by atoms with Gasteiger partial charge in [-0.25, -0.2) is 0 Å². The van der Waals surface area contributed by atoms with Gasteiger partial charge < -0.3 is 15.1 Å². The first-order valence-corrected chi connectivity index (χ1v) is 12.1. The van der Waals surface area contributed by atoms with Gasteiger partial charge in [-0.2, -0.15) is 8.42 Å². The summed E-state index contributed by atoms with van der Waals surface area (Å²) in [6.07, 6.45) is 8.87. The van der Waals surface area contributed by atoms with Crippen molar-refractivity contribution < 1.29 is 23.2 Å². The van der Waals surface area contributed by atoms with Crippen molar-refractivity contribution in [2.45, 2.75) is 70.7 Å². The van der Waals surface area contributed by atoms with Crippen LogP contribution in [0.25, 0.3) is 5.76 Å². The molecule has 0 bridgehead atoms. The second-order valence-corrected chi connectivity index (χ2v) is 9.13. The van der Waals surface area contributed by atoms with E-state index in [0.717, 1.165) is 6.08 Å². The van der Waals surface area contributed by atoms with Crippen molar-refractivity contribution in [1.29, 1.82) is 0 Å². The molecule has 1 aromatic rings. The summed E-state index contributed by atoms with van der Waals surface area (Å²) in [5.74, 6) is -0.107. The molecular formula is C22H37NO5S. The Morgan fingerprint density at radius 3 is 1.90 bits per heavy atom. The van der Waals surface area contributed by atoms with Gasteiger partial charge in [-0.05, 0) is 45.0 Å². The molecule has 0 saturated heterocycles. The van der Waals surface area contributed by atoms with E-state index in [0.29, 0.717) is 0 Å². The van der Waals surface area contributed by atoms with Crippen LogP contribution in [0.1, 0.15) is 76.8 Å². The summed E-state index contributed by atoms with van der Waals surface area (Å²) in [4.78, 5) is 0.256. The predicted molar refractivity (Wildman–Crippen MR) is 118 cm³/mol. The lowest BCUT2D eigenvalue weighted by Crippen LogP contribution is -2.37. The maximum absolute atomic E-state index is 11.2.